The first kappa shape index (κ1) is 22.7. The second-order valence-corrected chi connectivity index (χ2v) is 11.0. The van der Waals surface area contributed by atoms with Crippen molar-refractivity contribution in [2.75, 3.05) is 12.4 Å². The highest BCUT2D eigenvalue weighted by atomic mass is 32.1. The van der Waals surface area contributed by atoms with E-state index in [1.807, 2.05) is 36.4 Å². The van der Waals surface area contributed by atoms with Gasteiger partial charge in [0.1, 0.15) is 5.00 Å². The fourth-order valence-electron chi connectivity index (χ4n) is 4.64. The molecule has 0 saturated carbocycles. The van der Waals surface area contributed by atoms with E-state index in [1.165, 1.54) is 28.2 Å². The van der Waals surface area contributed by atoms with Crippen molar-refractivity contribution in [2.24, 2.45) is 5.92 Å². The third-order valence-electron chi connectivity index (χ3n) is 6.51. The summed E-state index contributed by atoms with van der Waals surface area (Å²) < 4.78 is 5.10. The number of aromatic nitrogens is 1. The molecule has 34 heavy (non-hydrogen) atoms. The molecule has 1 aromatic carbocycles. The number of hydrogen-bond acceptors (Lipinski definition) is 6. The van der Waals surface area contributed by atoms with Gasteiger partial charge in [0.25, 0.3) is 5.91 Å². The second kappa shape index (κ2) is 9.31. The van der Waals surface area contributed by atoms with E-state index in [2.05, 4.69) is 25.2 Å². The number of thiophene rings is 2. The summed E-state index contributed by atoms with van der Waals surface area (Å²) >= 11 is 3.16. The number of carbonyl (C=O) groups is 2. The molecular weight excluding hydrogens is 464 g/mol. The lowest BCUT2D eigenvalue weighted by atomic mass is 9.85. The average molecular weight is 491 g/mol. The quantitative estimate of drug-likeness (QED) is 0.309. The number of ether oxygens (including phenoxy) is 1. The number of nitrogens with one attached hydrogen (secondary N) is 1. The van der Waals surface area contributed by atoms with Crippen molar-refractivity contribution >= 4 is 50.5 Å². The van der Waals surface area contributed by atoms with E-state index in [-0.39, 0.29) is 5.91 Å². The lowest BCUT2D eigenvalue weighted by Gasteiger charge is -2.20. The molecule has 5 rings (SSSR count). The summed E-state index contributed by atoms with van der Waals surface area (Å²) in [6.45, 7) is 4.26. The van der Waals surface area contributed by atoms with Crippen LogP contribution in [0.2, 0.25) is 0 Å². The third kappa shape index (κ3) is 4.14. The van der Waals surface area contributed by atoms with Gasteiger partial charge in [0.2, 0.25) is 0 Å². The maximum Gasteiger partial charge on any atom is 0.341 e. The Hall–Kier alpha value is -3.03. The van der Waals surface area contributed by atoms with Gasteiger partial charge in [-0.3, -0.25) is 4.79 Å². The number of esters is 1. The Morgan fingerprint density at radius 2 is 2.00 bits per heavy atom. The standard InChI is InChI=1S/C27H26N2O3S2/c1-4-16-10-11-18-23(13-16)34-26(24(18)27(31)32-3)29-25(30)19-14-21(22-12-9-15(2)33-22)28-20-8-6-5-7-17(19)20/h5-9,12,14,16H,4,10-11,13H2,1-3H3,(H,29,30)/t16-/m1/s1. The van der Waals surface area contributed by atoms with Crippen molar-refractivity contribution in [2.45, 2.75) is 39.5 Å². The number of nitrogens with zero attached hydrogens (tertiary/aromatic N) is 1. The van der Waals surface area contributed by atoms with E-state index in [9.17, 15) is 9.59 Å². The van der Waals surface area contributed by atoms with Gasteiger partial charge >= 0.3 is 5.97 Å². The summed E-state index contributed by atoms with van der Waals surface area (Å²) in [5.41, 5.74) is 3.62. The largest absolute Gasteiger partial charge is 0.465 e. The van der Waals surface area contributed by atoms with Gasteiger partial charge in [-0.05, 0) is 61.9 Å². The number of methoxy groups -OCH3 is 1. The van der Waals surface area contributed by atoms with E-state index in [0.29, 0.717) is 22.0 Å². The number of anilines is 1. The van der Waals surface area contributed by atoms with Crippen LogP contribution in [0.1, 0.15) is 55.8 Å². The zero-order valence-electron chi connectivity index (χ0n) is 19.4. The van der Waals surface area contributed by atoms with Gasteiger partial charge in [0, 0.05) is 15.1 Å². The molecule has 1 aliphatic carbocycles. The molecule has 0 radical (unpaired) electrons. The van der Waals surface area contributed by atoms with Crippen LogP contribution in [0.5, 0.6) is 0 Å². The van der Waals surface area contributed by atoms with E-state index in [1.54, 1.807) is 11.3 Å². The van der Waals surface area contributed by atoms with Crippen molar-refractivity contribution in [3.05, 3.63) is 68.9 Å². The molecule has 0 aliphatic heterocycles. The van der Waals surface area contributed by atoms with Crippen LogP contribution in [-0.4, -0.2) is 24.0 Å². The third-order valence-corrected chi connectivity index (χ3v) is 8.71. The molecule has 1 amide bonds. The van der Waals surface area contributed by atoms with Crippen molar-refractivity contribution in [3.8, 4) is 10.6 Å². The molecule has 7 heteroatoms. The van der Waals surface area contributed by atoms with Crippen LogP contribution in [0, 0.1) is 12.8 Å². The molecule has 5 nitrogen and oxygen atoms in total. The number of hydrogen-bond donors (Lipinski definition) is 1. The first-order chi connectivity index (χ1) is 16.5. The van der Waals surface area contributed by atoms with E-state index >= 15 is 0 Å². The fraction of sp³-hybridized carbons (Fsp3) is 0.296. The Kier molecular flexibility index (Phi) is 6.23. The van der Waals surface area contributed by atoms with Crippen LogP contribution in [0.15, 0.2) is 42.5 Å². The first-order valence-electron chi connectivity index (χ1n) is 11.5. The van der Waals surface area contributed by atoms with Crippen LogP contribution < -0.4 is 5.32 Å². The van der Waals surface area contributed by atoms with Gasteiger partial charge in [0.05, 0.1) is 34.3 Å². The van der Waals surface area contributed by atoms with E-state index in [4.69, 9.17) is 9.72 Å². The molecule has 1 aliphatic rings. The average Bonchev–Trinajstić information content (AvgIpc) is 3.45. The molecule has 0 unspecified atom stereocenters. The number of pyridine rings is 1. The highest BCUT2D eigenvalue weighted by Crippen LogP contribution is 2.41. The van der Waals surface area contributed by atoms with Gasteiger partial charge < -0.3 is 10.1 Å². The van der Waals surface area contributed by atoms with Crippen molar-refractivity contribution in [1.29, 1.82) is 0 Å². The molecule has 174 valence electrons. The van der Waals surface area contributed by atoms with Crippen LogP contribution in [0.4, 0.5) is 5.00 Å². The summed E-state index contributed by atoms with van der Waals surface area (Å²) in [6, 6.07) is 13.6. The van der Waals surface area contributed by atoms with Crippen molar-refractivity contribution in [1.82, 2.24) is 4.98 Å². The Labute approximate surface area is 206 Å². The Balaban J connectivity index is 1.57. The predicted molar refractivity (Wildman–Crippen MR) is 139 cm³/mol. The Morgan fingerprint density at radius 1 is 1.18 bits per heavy atom. The smallest absolute Gasteiger partial charge is 0.341 e. The minimum atomic E-state index is -0.392. The molecule has 0 fully saturated rings. The summed E-state index contributed by atoms with van der Waals surface area (Å²) in [5.74, 6) is -0.0258. The molecule has 3 aromatic heterocycles. The fourth-order valence-corrected chi connectivity index (χ4v) is 6.81. The molecule has 0 spiro atoms. The first-order valence-corrected chi connectivity index (χ1v) is 13.1. The number of aryl methyl sites for hydroxylation is 1. The van der Waals surface area contributed by atoms with Gasteiger partial charge in [-0.2, -0.15) is 0 Å². The molecule has 4 aromatic rings. The zero-order chi connectivity index (χ0) is 23.8. The lowest BCUT2D eigenvalue weighted by molar-refractivity contribution is 0.0601. The molecule has 1 N–H and O–H groups in total. The summed E-state index contributed by atoms with van der Waals surface area (Å²) in [5, 5.41) is 4.42. The van der Waals surface area contributed by atoms with E-state index < -0.39 is 5.97 Å². The van der Waals surface area contributed by atoms with Gasteiger partial charge in [0.15, 0.2) is 0 Å². The van der Waals surface area contributed by atoms with Crippen LogP contribution >= 0.6 is 22.7 Å². The number of fused-ring (bicyclic) bond motifs is 2. The van der Waals surface area contributed by atoms with Crippen molar-refractivity contribution < 1.29 is 14.3 Å². The monoisotopic (exact) mass is 490 g/mol. The number of para-hydroxylation sites is 1. The number of amides is 1. The highest BCUT2D eigenvalue weighted by Gasteiger charge is 2.30. The molecule has 1 atom stereocenters. The Bertz CT molecular complexity index is 1400. The summed E-state index contributed by atoms with van der Waals surface area (Å²) in [7, 11) is 1.39. The van der Waals surface area contributed by atoms with Gasteiger partial charge in [-0.25, -0.2) is 9.78 Å². The normalized spacial score (nSPS) is 15.2. The highest BCUT2D eigenvalue weighted by molar-refractivity contribution is 7.17. The van der Waals surface area contributed by atoms with Gasteiger partial charge in [-0.1, -0.05) is 31.5 Å². The lowest BCUT2D eigenvalue weighted by Crippen LogP contribution is -2.17. The zero-order valence-corrected chi connectivity index (χ0v) is 21.1. The maximum absolute atomic E-state index is 13.6. The Morgan fingerprint density at radius 3 is 2.74 bits per heavy atom. The topological polar surface area (TPSA) is 68.3 Å². The molecule has 0 saturated heterocycles. The van der Waals surface area contributed by atoms with Crippen molar-refractivity contribution in [3.63, 3.8) is 0 Å². The van der Waals surface area contributed by atoms with Gasteiger partial charge in [-0.15, -0.1) is 22.7 Å². The minimum absolute atomic E-state index is 0.246. The van der Waals surface area contributed by atoms with Crippen LogP contribution in [0.3, 0.4) is 0 Å². The summed E-state index contributed by atoms with van der Waals surface area (Å²) in [4.78, 5) is 34.5. The second-order valence-electron chi connectivity index (χ2n) is 8.65. The predicted octanol–water partition coefficient (Wildman–Crippen LogP) is 6.89. The number of rotatable bonds is 5. The summed E-state index contributed by atoms with van der Waals surface area (Å²) in [6.07, 6.45) is 3.94. The SMILES string of the molecule is CC[C@@H]1CCc2c(sc(NC(=O)c3cc(-c4ccc(C)s4)nc4ccccc34)c2C(=O)OC)C1. The van der Waals surface area contributed by atoms with Crippen LogP contribution in [-0.2, 0) is 17.6 Å². The number of benzene rings is 1. The molecular formula is C27H26N2O3S2. The molecule has 3 heterocycles. The van der Waals surface area contributed by atoms with E-state index in [0.717, 1.165) is 52.7 Å². The number of carbonyl (C=O) groups excluding carboxylic acids is 2. The minimum Gasteiger partial charge on any atom is -0.465 e. The maximum atomic E-state index is 13.6. The van der Waals surface area contributed by atoms with Crippen LogP contribution in [0.25, 0.3) is 21.5 Å². The molecule has 0 bridgehead atoms.